The van der Waals surface area contributed by atoms with Gasteiger partial charge < -0.3 is 5.73 Å². The highest BCUT2D eigenvalue weighted by atomic mass is 35.5. The van der Waals surface area contributed by atoms with Crippen molar-refractivity contribution in [2.45, 2.75) is 0 Å². The zero-order valence-corrected chi connectivity index (χ0v) is 5.76. The Balaban J connectivity index is 3.15. The van der Waals surface area contributed by atoms with Gasteiger partial charge in [-0.15, -0.1) is 5.10 Å². The Morgan fingerprint density at radius 1 is 1.70 bits per heavy atom. The summed E-state index contributed by atoms with van der Waals surface area (Å²) in [5, 5.41) is 13.8. The normalized spacial score (nSPS) is 9.30. The molecular weight excluding hydrogens is 152 g/mol. The van der Waals surface area contributed by atoms with Crippen LogP contribution in [0.4, 0.5) is 5.69 Å². The molecule has 4 nitrogen and oxygen atoms in total. The van der Waals surface area contributed by atoms with Crippen molar-refractivity contribution in [3.63, 3.8) is 0 Å². The Hall–Kier alpha value is -1.16. The minimum Gasteiger partial charge on any atom is -0.397 e. The molecule has 0 unspecified atom stereocenters. The molecule has 1 heterocycles. The fraction of sp³-hybridized carbons (Fsp3) is 0. The molecule has 0 saturated carbocycles. The van der Waals surface area contributed by atoms with Crippen molar-refractivity contribution in [2.75, 3.05) is 5.73 Å². The summed E-state index contributed by atoms with van der Waals surface area (Å²) in [4.78, 5) is 0. The van der Waals surface area contributed by atoms with Crippen LogP contribution in [0, 0.1) is 5.41 Å². The summed E-state index contributed by atoms with van der Waals surface area (Å²) in [5.74, 6) is 0. The number of rotatable bonds is 1. The topological polar surface area (TPSA) is 75.7 Å². The molecule has 0 spiro atoms. The first-order valence-corrected chi connectivity index (χ1v) is 2.91. The lowest BCUT2D eigenvalue weighted by molar-refractivity contribution is 1.02. The highest BCUT2D eigenvalue weighted by Gasteiger charge is 2.02. The average molecular weight is 157 g/mol. The van der Waals surface area contributed by atoms with Crippen molar-refractivity contribution >= 4 is 22.5 Å². The van der Waals surface area contributed by atoms with E-state index in [1.54, 1.807) is 6.07 Å². The molecule has 0 aliphatic rings. The van der Waals surface area contributed by atoms with Gasteiger partial charge in [-0.3, -0.25) is 5.41 Å². The number of nitrogens with two attached hydrogens (primary N) is 1. The number of hydrogen-bond donors (Lipinski definition) is 2. The van der Waals surface area contributed by atoms with Gasteiger partial charge in [0.2, 0.25) is 0 Å². The van der Waals surface area contributed by atoms with Crippen LogP contribution in [-0.4, -0.2) is 15.4 Å². The molecule has 0 amide bonds. The van der Waals surface area contributed by atoms with Gasteiger partial charge in [-0.1, -0.05) is 11.6 Å². The third-order valence-electron chi connectivity index (χ3n) is 0.960. The Bertz CT molecular complexity index is 260. The highest BCUT2D eigenvalue weighted by molar-refractivity contribution is 6.68. The third-order valence-corrected chi connectivity index (χ3v) is 1.14. The van der Waals surface area contributed by atoms with Crippen molar-refractivity contribution < 1.29 is 0 Å². The summed E-state index contributed by atoms with van der Waals surface area (Å²) in [7, 11) is 0. The molecule has 0 atom stereocenters. The standard InChI is InChI=1S/C5H5ClN4/c6-5(8)4-3(7)1-2-9-10-4/h1-2,8H,(H2,7,9). The number of nitrogen functional groups attached to an aromatic ring is 1. The van der Waals surface area contributed by atoms with Gasteiger partial charge in [0.25, 0.3) is 0 Å². The lowest BCUT2D eigenvalue weighted by Crippen LogP contribution is -2.01. The van der Waals surface area contributed by atoms with Gasteiger partial charge in [0.15, 0.2) is 5.17 Å². The van der Waals surface area contributed by atoms with Gasteiger partial charge >= 0.3 is 0 Å². The Labute approximate surface area is 62.5 Å². The van der Waals surface area contributed by atoms with E-state index in [-0.39, 0.29) is 10.9 Å². The molecule has 0 bridgehead atoms. The van der Waals surface area contributed by atoms with E-state index in [1.165, 1.54) is 6.20 Å². The van der Waals surface area contributed by atoms with Crippen LogP contribution in [0.1, 0.15) is 5.69 Å². The van der Waals surface area contributed by atoms with E-state index in [1.807, 2.05) is 0 Å². The molecule has 0 fully saturated rings. The second-order valence-electron chi connectivity index (χ2n) is 1.65. The Morgan fingerprint density at radius 3 is 2.80 bits per heavy atom. The van der Waals surface area contributed by atoms with Crippen LogP contribution in [0.5, 0.6) is 0 Å². The van der Waals surface area contributed by atoms with Crippen molar-refractivity contribution in [1.29, 1.82) is 5.41 Å². The van der Waals surface area contributed by atoms with Crippen LogP contribution in [0.25, 0.3) is 0 Å². The predicted molar refractivity (Wildman–Crippen MR) is 39.1 cm³/mol. The minimum atomic E-state index is -0.189. The molecule has 1 rings (SSSR count). The van der Waals surface area contributed by atoms with Crippen LogP contribution in [0.2, 0.25) is 0 Å². The van der Waals surface area contributed by atoms with Crippen molar-refractivity contribution in [2.24, 2.45) is 0 Å². The summed E-state index contributed by atoms with van der Waals surface area (Å²) < 4.78 is 0. The molecule has 5 heteroatoms. The van der Waals surface area contributed by atoms with Gasteiger partial charge in [0.1, 0.15) is 5.69 Å². The molecule has 3 N–H and O–H groups in total. The molecular formula is C5H5ClN4. The highest BCUT2D eigenvalue weighted by Crippen LogP contribution is 2.07. The number of nitrogens with one attached hydrogen (secondary N) is 1. The number of nitrogens with zero attached hydrogens (tertiary/aromatic N) is 2. The lowest BCUT2D eigenvalue weighted by Gasteiger charge is -1.96. The first-order chi connectivity index (χ1) is 4.72. The zero-order chi connectivity index (χ0) is 7.56. The molecule has 1 aromatic rings. The van der Waals surface area contributed by atoms with Gasteiger partial charge in [-0.25, -0.2) is 0 Å². The maximum absolute atomic E-state index is 6.96. The molecule has 0 radical (unpaired) electrons. The summed E-state index contributed by atoms with van der Waals surface area (Å²) in [5.41, 5.74) is 5.99. The molecule has 52 valence electrons. The van der Waals surface area contributed by atoms with Crippen LogP contribution < -0.4 is 5.73 Å². The molecule has 1 aromatic heterocycles. The SMILES string of the molecule is N=C(Cl)c1nnccc1N. The fourth-order valence-electron chi connectivity index (χ4n) is 0.512. The second-order valence-corrected chi connectivity index (χ2v) is 2.03. The van der Waals surface area contributed by atoms with Crippen molar-refractivity contribution in [3.05, 3.63) is 18.0 Å². The number of hydrogen-bond acceptors (Lipinski definition) is 4. The van der Waals surface area contributed by atoms with Gasteiger partial charge in [-0.05, 0) is 6.07 Å². The van der Waals surface area contributed by atoms with E-state index in [4.69, 9.17) is 22.7 Å². The number of anilines is 1. The van der Waals surface area contributed by atoms with E-state index < -0.39 is 0 Å². The van der Waals surface area contributed by atoms with Gasteiger partial charge in [0.05, 0.1) is 11.9 Å². The third kappa shape index (κ3) is 1.22. The summed E-state index contributed by atoms with van der Waals surface area (Å²) in [6, 6.07) is 1.54. The summed E-state index contributed by atoms with van der Waals surface area (Å²) in [6.07, 6.45) is 1.44. The van der Waals surface area contributed by atoms with Crippen LogP contribution in [-0.2, 0) is 0 Å². The largest absolute Gasteiger partial charge is 0.397 e. The van der Waals surface area contributed by atoms with E-state index >= 15 is 0 Å². The first-order valence-electron chi connectivity index (χ1n) is 2.53. The van der Waals surface area contributed by atoms with Crippen LogP contribution in [0.3, 0.4) is 0 Å². The molecule has 0 aromatic carbocycles. The minimum absolute atomic E-state index is 0.189. The first kappa shape index (κ1) is 6.95. The lowest BCUT2D eigenvalue weighted by atomic mass is 10.3. The zero-order valence-electron chi connectivity index (χ0n) is 5.00. The summed E-state index contributed by atoms with van der Waals surface area (Å²) >= 11 is 5.31. The Kier molecular flexibility index (Phi) is 1.82. The quantitative estimate of drug-likeness (QED) is 0.586. The number of aromatic nitrogens is 2. The fourth-order valence-corrected chi connectivity index (χ4v) is 0.659. The molecule has 10 heavy (non-hydrogen) atoms. The monoisotopic (exact) mass is 156 g/mol. The van der Waals surface area contributed by atoms with E-state index in [9.17, 15) is 0 Å². The molecule has 0 aliphatic heterocycles. The molecule has 0 saturated heterocycles. The maximum atomic E-state index is 6.96. The van der Waals surface area contributed by atoms with Gasteiger partial charge in [-0.2, -0.15) is 5.10 Å². The summed E-state index contributed by atoms with van der Waals surface area (Å²) in [6.45, 7) is 0. The average Bonchev–Trinajstić information content (AvgIpc) is 1.88. The smallest absolute Gasteiger partial charge is 0.150 e. The van der Waals surface area contributed by atoms with Crippen molar-refractivity contribution in [3.8, 4) is 0 Å². The van der Waals surface area contributed by atoms with Crippen LogP contribution >= 0.6 is 11.6 Å². The van der Waals surface area contributed by atoms with Crippen LogP contribution in [0.15, 0.2) is 12.3 Å². The molecule has 0 aliphatic carbocycles. The number of halogens is 1. The predicted octanol–water partition coefficient (Wildman–Crippen LogP) is 0.623. The van der Waals surface area contributed by atoms with Crippen molar-refractivity contribution in [1.82, 2.24) is 10.2 Å². The second kappa shape index (κ2) is 2.62. The Morgan fingerprint density at radius 2 is 2.40 bits per heavy atom. The van der Waals surface area contributed by atoms with E-state index in [2.05, 4.69) is 10.2 Å². The van der Waals surface area contributed by atoms with E-state index in [0.29, 0.717) is 5.69 Å². The van der Waals surface area contributed by atoms with Gasteiger partial charge in [0, 0.05) is 0 Å². The van der Waals surface area contributed by atoms with E-state index in [0.717, 1.165) is 0 Å². The maximum Gasteiger partial charge on any atom is 0.150 e.